The molecule has 1 atom stereocenters. The molecule has 0 fully saturated rings. The summed E-state index contributed by atoms with van der Waals surface area (Å²) in [7, 11) is 4.25. The summed E-state index contributed by atoms with van der Waals surface area (Å²) >= 11 is 0. The van der Waals surface area contributed by atoms with Gasteiger partial charge in [-0.25, -0.2) is 4.98 Å². The number of rotatable bonds is 4. The molecule has 0 amide bonds. The molecule has 2 heterocycles. The van der Waals surface area contributed by atoms with Crippen molar-refractivity contribution in [1.82, 2.24) is 9.88 Å². The summed E-state index contributed by atoms with van der Waals surface area (Å²) in [6.45, 7) is 4.42. The van der Waals surface area contributed by atoms with Crippen molar-refractivity contribution in [3.63, 3.8) is 0 Å². The average Bonchev–Trinajstić information content (AvgIpc) is 3.06. The fourth-order valence-corrected chi connectivity index (χ4v) is 2.79. The summed E-state index contributed by atoms with van der Waals surface area (Å²) in [6.07, 6.45) is 4.32. The highest BCUT2D eigenvalue weighted by atomic mass is 16.3. The Labute approximate surface area is 119 Å². The second kappa shape index (κ2) is 4.94. The topological polar surface area (TPSA) is 41.3 Å². The number of hydrogen-bond donors (Lipinski definition) is 1. The number of fused-ring (bicyclic) bond motifs is 1. The molecule has 20 heavy (non-hydrogen) atoms. The van der Waals surface area contributed by atoms with Crippen LogP contribution in [0, 0.1) is 0 Å². The van der Waals surface area contributed by atoms with Gasteiger partial charge in [0, 0.05) is 23.2 Å². The molecule has 1 aromatic heterocycles. The maximum absolute atomic E-state index is 5.09. The molecule has 0 bridgehead atoms. The molecule has 4 heteroatoms. The SMILES string of the molecule is CN(C)CCC1(C)CNc2ccc(-c3cocn3)cc21. The molecule has 1 unspecified atom stereocenters. The predicted molar refractivity (Wildman–Crippen MR) is 81.0 cm³/mol. The molecule has 0 spiro atoms. The zero-order valence-corrected chi connectivity index (χ0v) is 12.3. The lowest BCUT2D eigenvalue weighted by atomic mass is 9.80. The molecule has 1 N–H and O–H groups in total. The van der Waals surface area contributed by atoms with Crippen LogP contribution in [-0.2, 0) is 5.41 Å². The van der Waals surface area contributed by atoms with E-state index < -0.39 is 0 Å². The van der Waals surface area contributed by atoms with Crippen LogP contribution in [-0.4, -0.2) is 37.1 Å². The highest BCUT2D eigenvalue weighted by Crippen LogP contribution is 2.40. The number of oxazole rings is 1. The van der Waals surface area contributed by atoms with Crippen LogP contribution < -0.4 is 5.32 Å². The maximum Gasteiger partial charge on any atom is 0.181 e. The number of nitrogens with zero attached hydrogens (tertiary/aromatic N) is 2. The maximum atomic E-state index is 5.09. The highest BCUT2D eigenvalue weighted by Gasteiger charge is 2.34. The van der Waals surface area contributed by atoms with Crippen molar-refractivity contribution in [3.8, 4) is 11.3 Å². The van der Waals surface area contributed by atoms with Crippen LogP contribution in [0.25, 0.3) is 11.3 Å². The summed E-state index contributed by atoms with van der Waals surface area (Å²) < 4.78 is 5.09. The zero-order valence-electron chi connectivity index (χ0n) is 12.3. The fraction of sp³-hybridized carbons (Fsp3) is 0.438. The van der Waals surface area contributed by atoms with Crippen molar-refractivity contribution in [2.24, 2.45) is 0 Å². The first-order valence-corrected chi connectivity index (χ1v) is 7.00. The lowest BCUT2D eigenvalue weighted by molar-refractivity contribution is 0.343. The monoisotopic (exact) mass is 271 g/mol. The number of aromatic nitrogens is 1. The Bertz CT molecular complexity index is 592. The number of benzene rings is 1. The first-order valence-electron chi connectivity index (χ1n) is 7.00. The van der Waals surface area contributed by atoms with Crippen LogP contribution in [0.4, 0.5) is 5.69 Å². The normalized spacial score (nSPS) is 21.0. The molecule has 0 aliphatic carbocycles. The quantitative estimate of drug-likeness (QED) is 0.928. The first-order chi connectivity index (χ1) is 9.58. The minimum atomic E-state index is 0.180. The first kappa shape index (κ1) is 13.2. The molecule has 1 aliphatic heterocycles. The van der Waals surface area contributed by atoms with Gasteiger partial charge < -0.3 is 14.6 Å². The Kier molecular flexibility index (Phi) is 3.26. The van der Waals surface area contributed by atoms with Gasteiger partial charge >= 0.3 is 0 Å². The Morgan fingerprint density at radius 3 is 2.95 bits per heavy atom. The van der Waals surface area contributed by atoms with E-state index in [1.54, 1.807) is 6.26 Å². The van der Waals surface area contributed by atoms with Gasteiger partial charge in [-0.05, 0) is 44.8 Å². The van der Waals surface area contributed by atoms with E-state index in [0.29, 0.717) is 0 Å². The van der Waals surface area contributed by atoms with Gasteiger partial charge in [-0.1, -0.05) is 13.0 Å². The lowest BCUT2D eigenvalue weighted by Gasteiger charge is -2.26. The molecule has 106 valence electrons. The van der Waals surface area contributed by atoms with Gasteiger partial charge in [-0.15, -0.1) is 0 Å². The van der Waals surface area contributed by atoms with E-state index in [1.165, 1.54) is 17.6 Å². The second-order valence-corrected chi connectivity index (χ2v) is 6.10. The van der Waals surface area contributed by atoms with Gasteiger partial charge in [0.2, 0.25) is 0 Å². The van der Waals surface area contributed by atoms with E-state index in [2.05, 4.69) is 54.4 Å². The van der Waals surface area contributed by atoms with E-state index in [4.69, 9.17) is 4.42 Å². The van der Waals surface area contributed by atoms with E-state index in [0.717, 1.165) is 30.8 Å². The molecule has 1 aliphatic rings. The van der Waals surface area contributed by atoms with E-state index in [-0.39, 0.29) is 5.41 Å². The van der Waals surface area contributed by atoms with Crippen molar-refractivity contribution in [2.45, 2.75) is 18.8 Å². The predicted octanol–water partition coefficient (Wildman–Crippen LogP) is 2.98. The van der Waals surface area contributed by atoms with Crippen molar-refractivity contribution in [2.75, 3.05) is 32.5 Å². The van der Waals surface area contributed by atoms with Gasteiger partial charge in [0.1, 0.15) is 12.0 Å². The average molecular weight is 271 g/mol. The highest BCUT2D eigenvalue weighted by molar-refractivity contribution is 5.69. The van der Waals surface area contributed by atoms with Crippen molar-refractivity contribution in [3.05, 3.63) is 36.4 Å². The molecule has 0 radical (unpaired) electrons. The Morgan fingerprint density at radius 2 is 2.25 bits per heavy atom. The number of anilines is 1. The molecule has 4 nitrogen and oxygen atoms in total. The van der Waals surface area contributed by atoms with Crippen LogP contribution in [0.5, 0.6) is 0 Å². The van der Waals surface area contributed by atoms with Crippen molar-refractivity contribution >= 4 is 5.69 Å². The largest absolute Gasteiger partial charge is 0.451 e. The van der Waals surface area contributed by atoms with E-state index in [1.807, 2.05) is 0 Å². The smallest absolute Gasteiger partial charge is 0.181 e. The Balaban J connectivity index is 1.93. The summed E-state index contributed by atoms with van der Waals surface area (Å²) in [5.41, 5.74) is 4.84. The van der Waals surface area contributed by atoms with Gasteiger partial charge in [0.15, 0.2) is 6.39 Å². The minimum Gasteiger partial charge on any atom is -0.451 e. The Morgan fingerprint density at radius 1 is 1.40 bits per heavy atom. The van der Waals surface area contributed by atoms with Crippen molar-refractivity contribution in [1.29, 1.82) is 0 Å². The third-order valence-electron chi connectivity index (χ3n) is 4.18. The van der Waals surface area contributed by atoms with Crippen LogP contribution in [0.1, 0.15) is 18.9 Å². The number of nitrogens with one attached hydrogen (secondary N) is 1. The molecule has 0 saturated carbocycles. The third-order valence-corrected chi connectivity index (χ3v) is 4.18. The molecule has 3 rings (SSSR count). The minimum absolute atomic E-state index is 0.180. The van der Waals surface area contributed by atoms with Crippen LogP contribution in [0.2, 0.25) is 0 Å². The molecule has 1 aromatic carbocycles. The van der Waals surface area contributed by atoms with Crippen LogP contribution >= 0.6 is 0 Å². The van der Waals surface area contributed by atoms with E-state index in [9.17, 15) is 0 Å². The number of hydrogen-bond acceptors (Lipinski definition) is 4. The van der Waals surface area contributed by atoms with Gasteiger partial charge in [0.05, 0.1) is 0 Å². The molecular formula is C16H21N3O. The fourth-order valence-electron chi connectivity index (χ4n) is 2.79. The summed E-state index contributed by atoms with van der Waals surface area (Å²) in [4.78, 5) is 6.48. The standard InChI is InChI=1S/C16H21N3O/c1-16(6-7-19(2)3)10-17-14-5-4-12(8-13(14)16)15-9-20-11-18-15/h4-5,8-9,11,17H,6-7,10H2,1-3H3. The van der Waals surface area contributed by atoms with Crippen molar-refractivity contribution < 1.29 is 4.42 Å². The van der Waals surface area contributed by atoms with Gasteiger partial charge in [0.25, 0.3) is 0 Å². The second-order valence-electron chi connectivity index (χ2n) is 6.10. The van der Waals surface area contributed by atoms with Gasteiger partial charge in [-0.3, -0.25) is 0 Å². The lowest BCUT2D eigenvalue weighted by Crippen LogP contribution is -2.29. The van der Waals surface area contributed by atoms with Gasteiger partial charge in [-0.2, -0.15) is 0 Å². The summed E-state index contributed by atoms with van der Waals surface area (Å²) in [5.74, 6) is 0. The molecule has 0 saturated heterocycles. The van der Waals surface area contributed by atoms with Crippen LogP contribution in [0.3, 0.4) is 0 Å². The molecular weight excluding hydrogens is 250 g/mol. The van der Waals surface area contributed by atoms with E-state index >= 15 is 0 Å². The Hall–Kier alpha value is -1.81. The summed E-state index contributed by atoms with van der Waals surface area (Å²) in [5, 5.41) is 3.52. The third kappa shape index (κ3) is 2.31. The zero-order chi connectivity index (χ0) is 14.2. The summed E-state index contributed by atoms with van der Waals surface area (Å²) in [6, 6.07) is 6.50. The molecule has 2 aromatic rings. The van der Waals surface area contributed by atoms with Crippen LogP contribution in [0.15, 0.2) is 35.3 Å².